The zero-order valence-corrected chi connectivity index (χ0v) is 17.7. The van der Waals surface area contributed by atoms with Crippen molar-refractivity contribution < 1.29 is 30.7 Å². The molecule has 0 bridgehead atoms. The van der Waals surface area contributed by atoms with E-state index in [1.165, 1.54) is 21.8 Å². The molecule has 0 aliphatic carbocycles. The zero-order chi connectivity index (χ0) is 20.7. The number of halogens is 1. The molecular weight excluding hydrogens is 411 g/mol. The summed E-state index contributed by atoms with van der Waals surface area (Å²) in [5, 5.41) is 0. The molecule has 2 heterocycles. The second kappa shape index (κ2) is 7.52. The van der Waals surface area contributed by atoms with Gasteiger partial charge < -0.3 is 9.47 Å². The van der Waals surface area contributed by atoms with Gasteiger partial charge in [0.1, 0.15) is 16.5 Å². The molecule has 2 aliphatic heterocycles. The minimum absolute atomic E-state index is 0.0688. The van der Waals surface area contributed by atoms with E-state index < -0.39 is 31.3 Å². The van der Waals surface area contributed by atoms with Crippen LogP contribution in [0.2, 0.25) is 0 Å². The normalized spacial score (nSPS) is 26.9. The molecule has 2 fully saturated rings. The summed E-state index contributed by atoms with van der Waals surface area (Å²) in [7, 11) is -4.52. The number of ether oxygens (including phenoxy) is 2. The lowest BCUT2D eigenvalue weighted by Crippen LogP contribution is -2.50. The van der Waals surface area contributed by atoms with Crippen molar-refractivity contribution in [2.75, 3.05) is 53.3 Å². The number of hydrogen-bond donors (Lipinski definition) is 0. The van der Waals surface area contributed by atoms with Gasteiger partial charge in [0.15, 0.2) is 0 Å². The Morgan fingerprint density at radius 1 is 1.18 bits per heavy atom. The molecule has 0 N–H and O–H groups in total. The van der Waals surface area contributed by atoms with E-state index in [0.717, 1.165) is 18.4 Å². The molecule has 3 rings (SSSR count). The van der Waals surface area contributed by atoms with E-state index >= 15 is 0 Å². The Labute approximate surface area is 165 Å². The maximum atomic E-state index is 13.7. The van der Waals surface area contributed by atoms with E-state index in [9.17, 15) is 21.2 Å². The quantitative estimate of drug-likeness (QED) is 0.654. The van der Waals surface area contributed by atoms with Crippen molar-refractivity contribution in [3.63, 3.8) is 0 Å². The summed E-state index contributed by atoms with van der Waals surface area (Å²) in [4.78, 5) is -0.229. The van der Waals surface area contributed by atoms with E-state index in [-0.39, 0.29) is 36.2 Å². The first kappa shape index (κ1) is 21.4. The predicted octanol–water partition coefficient (Wildman–Crippen LogP) is 0.753. The van der Waals surface area contributed by atoms with E-state index in [2.05, 4.69) is 0 Å². The Hall–Kier alpha value is -1.27. The first-order valence-electron chi connectivity index (χ1n) is 8.81. The van der Waals surface area contributed by atoms with Gasteiger partial charge in [0.2, 0.25) is 20.0 Å². The van der Waals surface area contributed by atoms with Crippen LogP contribution < -0.4 is 4.74 Å². The van der Waals surface area contributed by atoms with Gasteiger partial charge in [0.05, 0.1) is 20.0 Å². The van der Waals surface area contributed by atoms with Crippen LogP contribution in [0, 0.1) is 17.2 Å². The summed E-state index contributed by atoms with van der Waals surface area (Å²) in [5.41, 5.74) is -0.435. The number of methoxy groups -OCH3 is 2. The van der Waals surface area contributed by atoms with E-state index in [4.69, 9.17) is 9.47 Å². The van der Waals surface area contributed by atoms with E-state index in [1.54, 1.807) is 7.11 Å². The van der Waals surface area contributed by atoms with Crippen LogP contribution in [0.3, 0.4) is 0 Å². The number of rotatable bonds is 6. The smallest absolute Gasteiger partial charge is 0.246 e. The van der Waals surface area contributed by atoms with Gasteiger partial charge in [0.25, 0.3) is 0 Å². The monoisotopic (exact) mass is 436 g/mol. The number of piperidine rings is 1. The van der Waals surface area contributed by atoms with Crippen LogP contribution in [0.1, 0.15) is 6.42 Å². The van der Waals surface area contributed by atoms with Crippen LogP contribution in [-0.2, 0) is 24.8 Å². The van der Waals surface area contributed by atoms with Crippen LogP contribution in [-0.4, -0.2) is 78.7 Å². The lowest BCUT2D eigenvalue weighted by Gasteiger charge is -2.42. The predicted molar refractivity (Wildman–Crippen MR) is 101 cm³/mol. The first-order chi connectivity index (χ1) is 13.0. The van der Waals surface area contributed by atoms with Gasteiger partial charge in [-0.15, -0.1) is 0 Å². The number of sulfonamides is 2. The average Bonchev–Trinajstić information content (AvgIpc) is 3.01. The molecule has 0 saturated carbocycles. The molecular formula is C17H25FN2O6S2. The largest absolute Gasteiger partial charge is 0.495 e. The van der Waals surface area contributed by atoms with Crippen molar-refractivity contribution in [1.29, 1.82) is 0 Å². The average molecular weight is 437 g/mol. The van der Waals surface area contributed by atoms with Crippen molar-refractivity contribution in [3.8, 4) is 5.75 Å². The fourth-order valence-electron chi connectivity index (χ4n) is 4.19. The van der Waals surface area contributed by atoms with Crippen LogP contribution in [0.4, 0.5) is 4.39 Å². The fourth-order valence-corrected chi connectivity index (χ4v) is 6.78. The van der Waals surface area contributed by atoms with Gasteiger partial charge in [-0.1, -0.05) is 0 Å². The Bertz CT molecular complexity index is 952. The summed E-state index contributed by atoms with van der Waals surface area (Å²) in [5.74, 6) is -0.821. The van der Waals surface area contributed by atoms with Crippen LogP contribution in [0.5, 0.6) is 5.75 Å². The third-order valence-electron chi connectivity index (χ3n) is 5.71. The number of fused-ring (bicyclic) bond motifs is 1. The highest BCUT2D eigenvalue weighted by Crippen LogP contribution is 2.45. The fraction of sp³-hybridized carbons (Fsp3) is 0.647. The summed E-state index contributed by atoms with van der Waals surface area (Å²) >= 11 is 0. The Balaban J connectivity index is 1.92. The lowest BCUT2D eigenvalue weighted by molar-refractivity contribution is 0.0208. The summed E-state index contributed by atoms with van der Waals surface area (Å²) in [6.07, 6.45) is 1.60. The van der Waals surface area contributed by atoms with Crippen LogP contribution in [0.15, 0.2) is 23.1 Å². The molecule has 0 spiro atoms. The molecule has 0 aromatic heterocycles. The summed E-state index contributed by atoms with van der Waals surface area (Å²) in [6.45, 7) is 1.22. The third kappa shape index (κ3) is 3.78. The second-order valence-corrected chi connectivity index (χ2v) is 11.3. The van der Waals surface area contributed by atoms with Gasteiger partial charge in [-0.2, -0.15) is 4.31 Å². The molecule has 0 radical (unpaired) electrons. The molecule has 2 aliphatic rings. The van der Waals surface area contributed by atoms with Crippen molar-refractivity contribution in [3.05, 3.63) is 24.0 Å². The number of benzene rings is 1. The van der Waals surface area contributed by atoms with Crippen molar-refractivity contribution in [1.82, 2.24) is 8.61 Å². The molecule has 11 heteroatoms. The molecule has 8 nitrogen and oxygen atoms in total. The molecule has 28 heavy (non-hydrogen) atoms. The summed E-state index contributed by atoms with van der Waals surface area (Å²) in [6, 6.07) is 3.36. The molecule has 1 aromatic carbocycles. The van der Waals surface area contributed by atoms with Gasteiger partial charge in [-0.3, -0.25) is 0 Å². The highest BCUT2D eigenvalue weighted by atomic mass is 32.2. The van der Waals surface area contributed by atoms with Gasteiger partial charge in [-0.25, -0.2) is 25.5 Å². The molecule has 1 aromatic rings. The molecule has 158 valence electrons. The Morgan fingerprint density at radius 3 is 2.46 bits per heavy atom. The molecule has 0 unspecified atom stereocenters. The van der Waals surface area contributed by atoms with Gasteiger partial charge in [-0.05, 0) is 30.5 Å². The molecule has 2 saturated heterocycles. The van der Waals surface area contributed by atoms with Gasteiger partial charge in [0, 0.05) is 38.7 Å². The molecule has 2 atom stereocenters. The van der Waals surface area contributed by atoms with Gasteiger partial charge >= 0.3 is 0 Å². The minimum atomic E-state index is -4.00. The minimum Gasteiger partial charge on any atom is -0.495 e. The Kier molecular flexibility index (Phi) is 5.76. The van der Waals surface area contributed by atoms with E-state index in [1.807, 2.05) is 0 Å². The van der Waals surface area contributed by atoms with Crippen LogP contribution in [0.25, 0.3) is 0 Å². The van der Waals surface area contributed by atoms with Crippen molar-refractivity contribution >= 4 is 20.0 Å². The highest BCUT2D eigenvalue weighted by molar-refractivity contribution is 7.89. The Morgan fingerprint density at radius 2 is 1.86 bits per heavy atom. The van der Waals surface area contributed by atoms with Crippen molar-refractivity contribution in [2.24, 2.45) is 11.3 Å². The highest BCUT2D eigenvalue weighted by Gasteiger charge is 2.53. The maximum absolute atomic E-state index is 13.7. The van der Waals surface area contributed by atoms with Crippen molar-refractivity contribution in [2.45, 2.75) is 11.3 Å². The van der Waals surface area contributed by atoms with E-state index in [0.29, 0.717) is 19.6 Å². The SMILES string of the molecule is COC[C@@]12CCN(S(=O)(=O)c3cc(F)ccc3OC)C[C@@H]1CN(S(C)(=O)=O)C2. The third-order valence-corrected chi connectivity index (χ3v) is 8.81. The first-order valence-corrected chi connectivity index (χ1v) is 12.1. The standard InChI is InChI=1S/C17H25FN2O6S2/c1-25-12-17-6-7-19(9-13(17)10-20(11-17)27(3,21)22)28(23,24)16-8-14(18)4-5-15(16)26-2/h4-5,8,13H,6-7,9-12H2,1-3H3/t13-,17+/m1/s1. The lowest BCUT2D eigenvalue weighted by atomic mass is 9.74. The van der Waals surface area contributed by atoms with Crippen LogP contribution >= 0.6 is 0 Å². The second-order valence-electron chi connectivity index (χ2n) is 7.46. The number of nitrogens with zero attached hydrogens (tertiary/aromatic N) is 2. The zero-order valence-electron chi connectivity index (χ0n) is 16.1. The maximum Gasteiger partial charge on any atom is 0.246 e. The summed E-state index contributed by atoms with van der Waals surface area (Å²) < 4.78 is 77.2. The topological polar surface area (TPSA) is 93.2 Å². The number of hydrogen-bond acceptors (Lipinski definition) is 6. The molecule has 0 amide bonds.